The molecule has 3 aromatic rings. The Morgan fingerprint density at radius 1 is 1.40 bits per heavy atom. The molecule has 0 saturated heterocycles. The van der Waals surface area contributed by atoms with Gasteiger partial charge in [-0.2, -0.15) is 0 Å². The van der Waals surface area contributed by atoms with Gasteiger partial charge in [-0.3, -0.25) is 14.2 Å². The van der Waals surface area contributed by atoms with Crippen molar-refractivity contribution in [2.45, 2.75) is 20.4 Å². The molecule has 3 heterocycles. The summed E-state index contributed by atoms with van der Waals surface area (Å²) in [6.45, 7) is 3.71. The second-order valence-electron chi connectivity index (χ2n) is 5.26. The fourth-order valence-electron chi connectivity index (χ4n) is 2.45. The van der Waals surface area contributed by atoms with Crippen molar-refractivity contribution in [3.63, 3.8) is 0 Å². The Balaban J connectivity index is 1.96. The van der Waals surface area contributed by atoms with Crippen LogP contribution in [-0.2, 0) is 11.3 Å². The molecule has 0 saturated carbocycles. The Morgan fingerprint density at radius 2 is 2.16 bits per heavy atom. The minimum atomic E-state index is -0.587. The number of nitrogens with zero attached hydrogens (tertiary/aromatic N) is 2. The van der Waals surface area contributed by atoms with Crippen LogP contribution in [0.4, 0.5) is 0 Å². The summed E-state index contributed by atoms with van der Waals surface area (Å²) in [7, 11) is 0. The summed E-state index contributed by atoms with van der Waals surface area (Å²) in [4.78, 5) is 40.7. The molecule has 2 N–H and O–H groups in total. The number of nitrogens with two attached hydrogens (primary N) is 1. The zero-order valence-corrected chi connectivity index (χ0v) is 14.4. The number of rotatable bonds is 5. The summed E-state index contributed by atoms with van der Waals surface area (Å²) in [5.41, 5.74) is 5.54. The van der Waals surface area contributed by atoms with Crippen LogP contribution in [-0.4, -0.2) is 28.0 Å². The Labute approximate surface area is 145 Å². The Kier molecular flexibility index (Phi) is 4.41. The standard InChI is InChI=1S/C16H15N3O5S/c1-3-23-16(22)10-5-4-9(24-10)6-19-7-18-14-11(15(19)21)8(2)12(25-14)13(17)20/h4-5,7H,3,6H2,1-2H3,(H2,17,20). The van der Waals surface area contributed by atoms with Gasteiger partial charge in [0.1, 0.15) is 10.6 Å². The molecule has 130 valence electrons. The lowest BCUT2D eigenvalue weighted by Gasteiger charge is -2.03. The molecular weight excluding hydrogens is 346 g/mol. The van der Waals surface area contributed by atoms with E-state index in [4.69, 9.17) is 14.9 Å². The van der Waals surface area contributed by atoms with E-state index in [1.165, 1.54) is 17.0 Å². The minimum Gasteiger partial charge on any atom is -0.460 e. The van der Waals surface area contributed by atoms with Gasteiger partial charge in [0.2, 0.25) is 5.76 Å². The van der Waals surface area contributed by atoms with Gasteiger partial charge in [0.25, 0.3) is 11.5 Å². The van der Waals surface area contributed by atoms with Gasteiger partial charge in [0, 0.05) is 0 Å². The Morgan fingerprint density at radius 3 is 2.84 bits per heavy atom. The molecule has 8 nitrogen and oxygen atoms in total. The van der Waals surface area contributed by atoms with Gasteiger partial charge in [-0.15, -0.1) is 11.3 Å². The lowest BCUT2D eigenvalue weighted by molar-refractivity contribution is 0.0487. The van der Waals surface area contributed by atoms with Crippen molar-refractivity contribution in [1.29, 1.82) is 0 Å². The quantitative estimate of drug-likeness (QED) is 0.691. The maximum absolute atomic E-state index is 12.7. The molecule has 0 aromatic carbocycles. The SMILES string of the molecule is CCOC(=O)c1ccc(Cn2cnc3sc(C(N)=O)c(C)c3c2=O)o1. The lowest BCUT2D eigenvalue weighted by atomic mass is 10.2. The molecule has 0 aliphatic rings. The first kappa shape index (κ1) is 16.9. The third kappa shape index (κ3) is 3.05. The topological polar surface area (TPSA) is 117 Å². The summed E-state index contributed by atoms with van der Waals surface area (Å²) in [6.07, 6.45) is 1.37. The number of primary amides is 1. The monoisotopic (exact) mass is 361 g/mol. The van der Waals surface area contributed by atoms with Crippen LogP contribution in [0.3, 0.4) is 0 Å². The number of amides is 1. The van der Waals surface area contributed by atoms with Crippen molar-refractivity contribution in [2.75, 3.05) is 6.61 Å². The van der Waals surface area contributed by atoms with E-state index >= 15 is 0 Å². The molecule has 0 radical (unpaired) electrons. The Hall–Kier alpha value is -2.94. The molecule has 1 amide bonds. The number of carbonyl (C=O) groups excluding carboxylic acids is 2. The maximum atomic E-state index is 12.7. The van der Waals surface area contributed by atoms with E-state index in [1.54, 1.807) is 19.9 Å². The van der Waals surface area contributed by atoms with Crippen molar-refractivity contribution >= 4 is 33.4 Å². The highest BCUT2D eigenvalue weighted by molar-refractivity contribution is 7.20. The third-order valence-electron chi connectivity index (χ3n) is 3.61. The second kappa shape index (κ2) is 6.52. The summed E-state index contributed by atoms with van der Waals surface area (Å²) in [5.74, 6) is -0.665. The van der Waals surface area contributed by atoms with Crippen LogP contribution in [0.15, 0.2) is 27.7 Å². The molecule has 0 atom stereocenters. The van der Waals surface area contributed by atoms with Gasteiger partial charge in [-0.25, -0.2) is 9.78 Å². The zero-order chi connectivity index (χ0) is 18.1. The second-order valence-corrected chi connectivity index (χ2v) is 6.26. The Bertz CT molecular complexity index is 1030. The molecule has 9 heteroatoms. The van der Waals surface area contributed by atoms with Crippen LogP contribution in [0.25, 0.3) is 10.2 Å². The zero-order valence-electron chi connectivity index (χ0n) is 13.6. The van der Waals surface area contributed by atoms with E-state index in [0.717, 1.165) is 11.3 Å². The molecule has 0 bridgehead atoms. The van der Waals surface area contributed by atoms with Crippen LogP contribution in [0.5, 0.6) is 0 Å². The van der Waals surface area contributed by atoms with Crippen LogP contribution < -0.4 is 11.3 Å². The highest BCUT2D eigenvalue weighted by Crippen LogP contribution is 2.26. The van der Waals surface area contributed by atoms with Gasteiger partial charge in [-0.05, 0) is 31.5 Å². The van der Waals surface area contributed by atoms with Crippen molar-refractivity contribution in [2.24, 2.45) is 5.73 Å². The predicted molar refractivity (Wildman–Crippen MR) is 90.9 cm³/mol. The average molecular weight is 361 g/mol. The number of furan rings is 1. The highest BCUT2D eigenvalue weighted by atomic mass is 32.1. The number of hydrogen-bond donors (Lipinski definition) is 1. The van der Waals surface area contributed by atoms with Crippen LogP contribution in [0, 0.1) is 6.92 Å². The van der Waals surface area contributed by atoms with Crippen LogP contribution >= 0.6 is 11.3 Å². The summed E-state index contributed by atoms with van der Waals surface area (Å²) in [5, 5.41) is 0.360. The fourth-order valence-corrected chi connectivity index (χ4v) is 3.44. The molecule has 0 aliphatic heterocycles. The van der Waals surface area contributed by atoms with Crippen LogP contribution in [0.1, 0.15) is 38.5 Å². The molecule has 3 aromatic heterocycles. The van der Waals surface area contributed by atoms with Crippen LogP contribution in [0.2, 0.25) is 0 Å². The van der Waals surface area contributed by atoms with E-state index in [0.29, 0.717) is 26.4 Å². The largest absolute Gasteiger partial charge is 0.460 e. The minimum absolute atomic E-state index is 0.0710. The van der Waals surface area contributed by atoms with Crippen molar-refractivity contribution in [3.8, 4) is 0 Å². The van der Waals surface area contributed by atoms with E-state index in [-0.39, 0.29) is 24.5 Å². The normalized spacial score (nSPS) is 11.0. The first-order valence-corrected chi connectivity index (χ1v) is 8.28. The summed E-state index contributed by atoms with van der Waals surface area (Å²) >= 11 is 1.09. The van der Waals surface area contributed by atoms with E-state index in [2.05, 4.69) is 4.98 Å². The smallest absolute Gasteiger partial charge is 0.374 e. The van der Waals surface area contributed by atoms with E-state index in [9.17, 15) is 14.4 Å². The number of aromatic nitrogens is 2. The molecule has 0 spiro atoms. The molecular formula is C16H15N3O5S. The number of ether oxygens (including phenoxy) is 1. The van der Waals surface area contributed by atoms with Gasteiger partial charge < -0.3 is 14.9 Å². The first-order valence-electron chi connectivity index (χ1n) is 7.46. The average Bonchev–Trinajstić information content (AvgIpc) is 3.15. The van der Waals surface area contributed by atoms with Crippen molar-refractivity contribution in [3.05, 3.63) is 50.8 Å². The van der Waals surface area contributed by atoms with Gasteiger partial charge in [0.15, 0.2) is 0 Å². The highest BCUT2D eigenvalue weighted by Gasteiger charge is 2.18. The number of aryl methyl sites for hydroxylation is 1. The number of hydrogen-bond acceptors (Lipinski definition) is 7. The number of thiophene rings is 1. The molecule has 25 heavy (non-hydrogen) atoms. The first-order chi connectivity index (χ1) is 11.9. The van der Waals surface area contributed by atoms with E-state index in [1.807, 2.05) is 0 Å². The maximum Gasteiger partial charge on any atom is 0.374 e. The fraction of sp³-hybridized carbons (Fsp3) is 0.250. The molecule has 0 fully saturated rings. The number of carbonyl (C=O) groups is 2. The molecule has 0 unspecified atom stereocenters. The summed E-state index contributed by atoms with van der Waals surface area (Å²) in [6, 6.07) is 3.09. The summed E-state index contributed by atoms with van der Waals surface area (Å²) < 4.78 is 11.6. The predicted octanol–water partition coefficient (Wildman–Crippen LogP) is 1.68. The van der Waals surface area contributed by atoms with Gasteiger partial charge >= 0.3 is 5.97 Å². The number of fused-ring (bicyclic) bond motifs is 1. The van der Waals surface area contributed by atoms with Gasteiger partial charge in [0.05, 0.1) is 29.7 Å². The van der Waals surface area contributed by atoms with Gasteiger partial charge in [-0.1, -0.05) is 0 Å². The van der Waals surface area contributed by atoms with E-state index < -0.39 is 11.9 Å². The number of esters is 1. The third-order valence-corrected chi connectivity index (χ3v) is 4.82. The molecule has 3 rings (SSSR count). The van der Waals surface area contributed by atoms with Crippen molar-refractivity contribution < 1.29 is 18.7 Å². The lowest BCUT2D eigenvalue weighted by Crippen LogP contribution is -2.21. The van der Waals surface area contributed by atoms with Crippen molar-refractivity contribution in [1.82, 2.24) is 9.55 Å². The molecule has 0 aliphatic carbocycles.